The van der Waals surface area contributed by atoms with Gasteiger partial charge in [0, 0.05) is 21.8 Å². The lowest BCUT2D eigenvalue weighted by atomic mass is 10.1. The van der Waals surface area contributed by atoms with E-state index in [4.69, 9.17) is 14.9 Å². The fourth-order valence-electron chi connectivity index (χ4n) is 1.94. The summed E-state index contributed by atoms with van der Waals surface area (Å²) in [5.41, 5.74) is 0.425. The van der Waals surface area contributed by atoms with Crippen molar-refractivity contribution >= 4 is 39.5 Å². The van der Waals surface area contributed by atoms with Crippen molar-refractivity contribution in [2.45, 2.75) is 13.8 Å². The molecule has 0 amide bonds. The van der Waals surface area contributed by atoms with Crippen molar-refractivity contribution in [2.24, 2.45) is 0 Å². The summed E-state index contributed by atoms with van der Waals surface area (Å²) in [5.74, 6) is -1.03. The maximum absolute atomic E-state index is 11.7. The molecule has 2 N–H and O–H groups in total. The summed E-state index contributed by atoms with van der Waals surface area (Å²) in [4.78, 5) is 23.1. The summed E-state index contributed by atoms with van der Waals surface area (Å²) < 4.78 is 10.9. The number of methoxy groups -OCH3 is 1. The van der Waals surface area contributed by atoms with Crippen LogP contribution >= 0.6 is 15.9 Å². The predicted molar refractivity (Wildman–Crippen MR) is 94.4 cm³/mol. The molecule has 0 saturated heterocycles. The van der Waals surface area contributed by atoms with Crippen LogP contribution < -0.4 is 4.74 Å². The van der Waals surface area contributed by atoms with Gasteiger partial charge in [-0.1, -0.05) is 15.9 Å². The summed E-state index contributed by atoms with van der Waals surface area (Å²) in [6.45, 7) is 2.11. The first-order valence-corrected chi connectivity index (χ1v) is 7.72. The van der Waals surface area contributed by atoms with Crippen molar-refractivity contribution in [3.05, 3.63) is 45.6 Å². The van der Waals surface area contributed by atoms with Crippen molar-refractivity contribution in [1.29, 1.82) is 5.41 Å². The molecule has 24 heavy (non-hydrogen) atoms. The molecule has 0 bridgehead atoms. The molecule has 7 heteroatoms. The van der Waals surface area contributed by atoms with Crippen molar-refractivity contribution in [2.75, 3.05) is 13.7 Å². The molecular weight excluding hydrogens is 378 g/mol. The standard InChI is InChI=1S/C17H18BrNO5/c1-10(19)17(11(2)20)14(21)9-24-16(22)7-4-12-8-13(18)5-6-15(12)23-3/h4-8,19,21H,9H2,1-3H3/b7-4+,17-14-,19-10?. The van der Waals surface area contributed by atoms with Crippen LogP contribution in [0.5, 0.6) is 5.75 Å². The minimum atomic E-state index is -0.700. The molecule has 0 saturated carbocycles. The lowest BCUT2D eigenvalue weighted by Gasteiger charge is -2.07. The molecule has 0 aliphatic rings. The number of hydrogen-bond donors (Lipinski definition) is 2. The fraction of sp³-hybridized carbons (Fsp3) is 0.235. The first-order chi connectivity index (χ1) is 11.3. The molecule has 0 radical (unpaired) electrons. The Hall–Kier alpha value is -2.41. The molecule has 128 valence electrons. The highest BCUT2D eigenvalue weighted by Crippen LogP contribution is 2.24. The van der Waals surface area contributed by atoms with Crippen LogP contribution in [0.15, 0.2) is 40.1 Å². The van der Waals surface area contributed by atoms with E-state index in [0.29, 0.717) is 11.3 Å². The Morgan fingerprint density at radius 3 is 2.54 bits per heavy atom. The molecule has 0 fully saturated rings. The predicted octanol–water partition coefficient (Wildman–Crippen LogP) is 3.45. The number of carbonyl (C=O) groups excluding carboxylic acids is 2. The molecule has 0 aliphatic carbocycles. The van der Waals surface area contributed by atoms with E-state index in [9.17, 15) is 14.7 Å². The number of ketones is 1. The Bertz CT molecular complexity index is 706. The minimum absolute atomic E-state index is 0.0922. The van der Waals surface area contributed by atoms with Gasteiger partial charge < -0.3 is 20.0 Å². The van der Waals surface area contributed by atoms with Crippen LogP contribution in [-0.4, -0.2) is 36.3 Å². The number of hydrogen-bond acceptors (Lipinski definition) is 6. The second kappa shape index (κ2) is 9.02. The quantitative estimate of drug-likeness (QED) is 0.319. The first-order valence-electron chi connectivity index (χ1n) is 6.93. The normalized spacial score (nSPS) is 11.8. The van der Waals surface area contributed by atoms with Crippen LogP contribution in [-0.2, 0) is 14.3 Å². The Kier molecular flexibility index (Phi) is 7.38. The first kappa shape index (κ1) is 19.6. The van der Waals surface area contributed by atoms with E-state index < -0.39 is 24.1 Å². The summed E-state index contributed by atoms with van der Waals surface area (Å²) in [6.07, 6.45) is 2.70. The maximum Gasteiger partial charge on any atom is 0.331 e. The number of allylic oxidation sites excluding steroid dienone is 1. The van der Waals surface area contributed by atoms with Crippen LogP contribution in [0.3, 0.4) is 0 Å². The monoisotopic (exact) mass is 395 g/mol. The number of benzene rings is 1. The van der Waals surface area contributed by atoms with Gasteiger partial charge in [0.15, 0.2) is 5.78 Å². The van der Waals surface area contributed by atoms with Gasteiger partial charge in [-0.3, -0.25) is 4.79 Å². The van der Waals surface area contributed by atoms with E-state index >= 15 is 0 Å². The van der Waals surface area contributed by atoms with Gasteiger partial charge in [0.05, 0.1) is 12.7 Å². The molecule has 1 aromatic rings. The number of aliphatic hydroxyl groups is 1. The van der Waals surface area contributed by atoms with E-state index in [1.807, 2.05) is 0 Å². The number of halogens is 1. The summed E-state index contributed by atoms with van der Waals surface area (Å²) in [5, 5.41) is 17.2. The zero-order valence-corrected chi connectivity index (χ0v) is 15.1. The summed E-state index contributed by atoms with van der Waals surface area (Å²) in [7, 11) is 1.52. The fourth-order valence-corrected chi connectivity index (χ4v) is 2.32. The topological polar surface area (TPSA) is 96.7 Å². The molecule has 6 nitrogen and oxygen atoms in total. The third kappa shape index (κ3) is 5.66. The molecule has 0 spiro atoms. The molecule has 0 unspecified atom stereocenters. The molecule has 1 rings (SSSR count). The number of carbonyl (C=O) groups is 2. The SMILES string of the molecule is COc1ccc(Br)cc1/C=C/C(=O)OC/C(O)=C(\C(C)=N)C(C)=O. The number of ether oxygens (including phenoxy) is 2. The van der Waals surface area contributed by atoms with Gasteiger partial charge in [-0.25, -0.2) is 4.79 Å². The number of rotatable bonds is 7. The van der Waals surface area contributed by atoms with Crippen molar-refractivity contribution < 1.29 is 24.2 Å². The van der Waals surface area contributed by atoms with Crippen LogP contribution in [0.1, 0.15) is 19.4 Å². The van der Waals surface area contributed by atoms with Gasteiger partial charge in [-0.05, 0) is 38.1 Å². The maximum atomic E-state index is 11.7. The Balaban J connectivity index is 2.80. The third-order valence-electron chi connectivity index (χ3n) is 2.96. The number of aliphatic hydroxyl groups excluding tert-OH is 1. The van der Waals surface area contributed by atoms with Gasteiger partial charge in [0.2, 0.25) is 0 Å². The van der Waals surface area contributed by atoms with Gasteiger partial charge in [-0.15, -0.1) is 0 Å². The van der Waals surface area contributed by atoms with Crippen molar-refractivity contribution in [1.82, 2.24) is 0 Å². The van der Waals surface area contributed by atoms with Crippen LogP contribution in [0.25, 0.3) is 6.08 Å². The highest BCUT2D eigenvalue weighted by atomic mass is 79.9. The van der Waals surface area contributed by atoms with Crippen molar-refractivity contribution in [3.8, 4) is 5.75 Å². The van der Waals surface area contributed by atoms with E-state index in [2.05, 4.69) is 15.9 Å². The smallest absolute Gasteiger partial charge is 0.331 e. The zero-order chi connectivity index (χ0) is 18.3. The molecule has 0 heterocycles. The lowest BCUT2D eigenvalue weighted by Crippen LogP contribution is -2.14. The zero-order valence-electron chi connectivity index (χ0n) is 13.6. The second-order valence-electron chi connectivity index (χ2n) is 4.83. The average Bonchev–Trinajstić information content (AvgIpc) is 2.50. The van der Waals surface area contributed by atoms with E-state index in [-0.39, 0.29) is 11.3 Å². The Labute approximate surface area is 148 Å². The highest BCUT2D eigenvalue weighted by Gasteiger charge is 2.14. The van der Waals surface area contributed by atoms with E-state index in [1.165, 1.54) is 33.1 Å². The molecule has 0 aliphatic heterocycles. The molecule has 0 atom stereocenters. The van der Waals surface area contributed by atoms with Crippen LogP contribution in [0.2, 0.25) is 0 Å². The molecule has 0 aromatic heterocycles. The highest BCUT2D eigenvalue weighted by molar-refractivity contribution is 9.10. The van der Waals surface area contributed by atoms with Gasteiger partial charge in [-0.2, -0.15) is 0 Å². The number of esters is 1. The van der Waals surface area contributed by atoms with Crippen molar-refractivity contribution in [3.63, 3.8) is 0 Å². The third-order valence-corrected chi connectivity index (χ3v) is 3.45. The Morgan fingerprint density at radius 2 is 2.00 bits per heavy atom. The van der Waals surface area contributed by atoms with E-state index in [1.54, 1.807) is 18.2 Å². The molecular formula is C17H18BrNO5. The van der Waals surface area contributed by atoms with Gasteiger partial charge >= 0.3 is 5.97 Å². The number of Topliss-reactive ketones (excluding diaryl/α,β-unsaturated/α-hetero) is 1. The largest absolute Gasteiger partial charge is 0.508 e. The Morgan fingerprint density at radius 1 is 1.33 bits per heavy atom. The molecule has 1 aromatic carbocycles. The average molecular weight is 396 g/mol. The summed E-state index contributed by atoms with van der Waals surface area (Å²) >= 11 is 3.33. The van der Waals surface area contributed by atoms with Crippen LogP contribution in [0, 0.1) is 5.41 Å². The van der Waals surface area contributed by atoms with Crippen LogP contribution in [0.4, 0.5) is 0 Å². The summed E-state index contributed by atoms with van der Waals surface area (Å²) in [6, 6.07) is 5.32. The van der Waals surface area contributed by atoms with Gasteiger partial charge in [0.1, 0.15) is 18.1 Å². The van der Waals surface area contributed by atoms with Gasteiger partial charge in [0.25, 0.3) is 0 Å². The minimum Gasteiger partial charge on any atom is -0.508 e. The van der Waals surface area contributed by atoms with E-state index in [0.717, 1.165) is 4.47 Å². The number of nitrogens with one attached hydrogen (secondary N) is 1. The second-order valence-corrected chi connectivity index (χ2v) is 5.75. The lowest BCUT2D eigenvalue weighted by molar-refractivity contribution is -0.137.